The molecule has 4 N–H and O–H groups in total. The van der Waals surface area contributed by atoms with Gasteiger partial charge in [-0.05, 0) is 79.3 Å². The minimum atomic E-state index is -1.05. The molecule has 3 aromatic carbocycles. The first-order valence-corrected chi connectivity index (χ1v) is 19.2. The Labute approximate surface area is 307 Å². The summed E-state index contributed by atoms with van der Waals surface area (Å²) in [6, 6.07) is 24.0. The molecule has 3 aromatic rings. The first kappa shape index (κ1) is 37.8. The van der Waals surface area contributed by atoms with Crippen LogP contribution in [-0.2, 0) is 33.5 Å². The van der Waals surface area contributed by atoms with E-state index in [4.69, 9.17) is 14.2 Å². The first-order chi connectivity index (χ1) is 25.4. The van der Waals surface area contributed by atoms with E-state index in [1.165, 1.54) is 0 Å². The van der Waals surface area contributed by atoms with E-state index in [1.54, 1.807) is 0 Å². The van der Waals surface area contributed by atoms with Gasteiger partial charge in [-0.15, -0.1) is 0 Å². The number of carbonyl (C=O) groups is 2. The van der Waals surface area contributed by atoms with Gasteiger partial charge in [0.25, 0.3) is 0 Å². The fourth-order valence-corrected chi connectivity index (χ4v) is 7.73. The Kier molecular flexibility index (Phi) is 14.0. The average Bonchev–Trinajstić information content (AvgIpc) is 3.28. The largest absolute Gasteiger partial charge is 0.492 e. The van der Waals surface area contributed by atoms with Crippen LogP contribution in [0.4, 0.5) is 4.79 Å². The number of carbonyl (C=O) groups excluding carboxylic acids is 2. The highest BCUT2D eigenvalue weighted by Gasteiger charge is 2.35. The van der Waals surface area contributed by atoms with Crippen LogP contribution in [0.25, 0.3) is 0 Å². The van der Waals surface area contributed by atoms with Crippen LogP contribution in [-0.4, -0.2) is 90.9 Å². The van der Waals surface area contributed by atoms with Crippen molar-refractivity contribution in [2.45, 2.75) is 94.6 Å². The van der Waals surface area contributed by atoms with E-state index in [1.807, 2.05) is 78.9 Å². The zero-order chi connectivity index (χ0) is 36.1. The number of alkyl carbamates (subject to hydrolysis) is 1. The van der Waals surface area contributed by atoms with E-state index in [0.717, 1.165) is 99.4 Å². The minimum absolute atomic E-state index is 0.0926. The second kappa shape index (κ2) is 19.2. The van der Waals surface area contributed by atoms with Crippen LogP contribution in [0.15, 0.2) is 78.9 Å². The molecule has 1 heterocycles. The van der Waals surface area contributed by atoms with Crippen LogP contribution < -0.4 is 15.4 Å². The predicted octanol–water partition coefficient (Wildman–Crippen LogP) is 5.14. The van der Waals surface area contributed by atoms with Crippen molar-refractivity contribution in [1.82, 2.24) is 15.5 Å². The number of aliphatic hydroxyl groups is 2. The van der Waals surface area contributed by atoms with Crippen molar-refractivity contribution in [3.63, 3.8) is 0 Å². The van der Waals surface area contributed by atoms with Crippen molar-refractivity contribution in [2.24, 2.45) is 5.92 Å². The third-order valence-electron chi connectivity index (χ3n) is 10.7. The molecular formula is C42H55N3O7. The quantitative estimate of drug-likeness (QED) is 0.160. The molecule has 10 heteroatoms. The van der Waals surface area contributed by atoms with Crippen LogP contribution in [0.5, 0.6) is 5.75 Å². The molecule has 3 aliphatic rings. The number of morpholine rings is 1. The Bertz CT molecular complexity index is 1540. The van der Waals surface area contributed by atoms with Crippen molar-refractivity contribution in [1.29, 1.82) is 0 Å². The molecule has 2 amide bonds. The summed E-state index contributed by atoms with van der Waals surface area (Å²) >= 11 is 0. The molecule has 0 bridgehead atoms. The van der Waals surface area contributed by atoms with Crippen LogP contribution in [0, 0.1) is 5.92 Å². The SMILES string of the molecule is O=C(NC(Cc1ccccc1)C(O)CC(Cc1ccc(OCCN2CCOCC2)cc1)C(=O)N[C@H]1c2ccccc2C[C@@H]1O)OC1CCCCCC1. The van der Waals surface area contributed by atoms with Gasteiger partial charge in [-0.2, -0.15) is 0 Å². The number of fused-ring (bicyclic) bond motifs is 1. The molecule has 2 fully saturated rings. The summed E-state index contributed by atoms with van der Waals surface area (Å²) in [6.45, 7) is 4.71. The number of hydrogen-bond donors (Lipinski definition) is 4. The normalized spacial score (nSPS) is 21.3. The maximum absolute atomic E-state index is 14.2. The summed E-state index contributed by atoms with van der Waals surface area (Å²) in [5.74, 6) is -0.158. The van der Waals surface area contributed by atoms with E-state index >= 15 is 0 Å². The Balaban J connectivity index is 1.16. The molecule has 6 rings (SSSR count). The van der Waals surface area contributed by atoms with Crippen LogP contribution in [0.3, 0.4) is 0 Å². The highest BCUT2D eigenvalue weighted by molar-refractivity contribution is 5.80. The number of nitrogens with one attached hydrogen (secondary N) is 2. The highest BCUT2D eigenvalue weighted by Crippen LogP contribution is 2.32. The van der Waals surface area contributed by atoms with Gasteiger partial charge in [-0.3, -0.25) is 9.69 Å². The Morgan fingerprint density at radius 3 is 2.31 bits per heavy atom. The number of hydrogen-bond acceptors (Lipinski definition) is 8. The molecular weight excluding hydrogens is 658 g/mol. The molecule has 280 valence electrons. The van der Waals surface area contributed by atoms with Crippen LogP contribution >= 0.6 is 0 Å². The van der Waals surface area contributed by atoms with Crippen molar-refractivity contribution >= 4 is 12.0 Å². The van der Waals surface area contributed by atoms with Gasteiger partial charge in [0.2, 0.25) is 5.91 Å². The molecule has 5 atom stereocenters. The number of aliphatic hydroxyl groups excluding tert-OH is 2. The summed E-state index contributed by atoms with van der Waals surface area (Å²) in [6.07, 6.45) is 4.86. The smallest absolute Gasteiger partial charge is 0.407 e. The van der Waals surface area contributed by atoms with Gasteiger partial charge >= 0.3 is 6.09 Å². The fourth-order valence-electron chi connectivity index (χ4n) is 7.73. The molecule has 0 radical (unpaired) electrons. The fraction of sp³-hybridized carbons (Fsp3) is 0.524. The highest BCUT2D eigenvalue weighted by atomic mass is 16.6. The van der Waals surface area contributed by atoms with E-state index in [2.05, 4.69) is 15.5 Å². The molecule has 3 unspecified atom stereocenters. The standard InChI is InChI=1S/C42H55N3O7/c46-38(37(27-30-10-4-3-5-11-30)43-42(49)52-35-13-6-1-2-7-14-35)29-33(41(48)44-40-36-15-9-8-12-32(36)28-39(40)47)26-31-16-18-34(19-17-31)51-25-22-45-20-23-50-24-21-45/h3-5,8-12,15-19,33,35,37-40,46-47H,1-2,6-7,13-14,20-29H2,(H,43,49)(H,44,48)/t33?,37?,38?,39-,40-/m0/s1. The maximum atomic E-state index is 14.2. The molecule has 2 aliphatic carbocycles. The topological polar surface area (TPSA) is 130 Å². The number of nitrogens with zero attached hydrogens (tertiary/aromatic N) is 1. The lowest BCUT2D eigenvalue weighted by Gasteiger charge is -2.29. The van der Waals surface area contributed by atoms with Gasteiger partial charge in [0, 0.05) is 32.0 Å². The maximum Gasteiger partial charge on any atom is 0.407 e. The van der Waals surface area contributed by atoms with Gasteiger partial charge in [0.15, 0.2) is 0 Å². The van der Waals surface area contributed by atoms with Crippen molar-refractivity contribution in [3.05, 3.63) is 101 Å². The lowest BCUT2D eigenvalue weighted by Crippen LogP contribution is -2.48. The van der Waals surface area contributed by atoms with E-state index < -0.39 is 36.3 Å². The lowest BCUT2D eigenvalue weighted by molar-refractivity contribution is -0.127. The second-order valence-electron chi connectivity index (χ2n) is 14.6. The molecule has 0 spiro atoms. The molecule has 1 saturated carbocycles. The van der Waals surface area contributed by atoms with Gasteiger partial charge < -0.3 is 35.1 Å². The average molecular weight is 714 g/mol. The molecule has 52 heavy (non-hydrogen) atoms. The first-order valence-electron chi connectivity index (χ1n) is 19.2. The molecule has 10 nitrogen and oxygen atoms in total. The summed E-state index contributed by atoms with van der Waals surface area (Å²) in [4.78, 5) is 29.7. The van der Waals surface area contributed by atoms with Gasteiger partial charge in [0.1, 0.15) is 18.5 Å². The summed E-state index contributed by atoms with van der Waals surface area (Å²) in [5.41, 5.74) is 3.80. The molecule has 1 saturated heterocycles. The van der Waals surface area contributed by atoms with Crippen LogP contribution in [0.1, 0.15) is 73.2 Å². The monoisotopic (exact) mass is 713 g/mol. The number of benzene rings is 3. The Hall–Kier alpha value is -3.96. The van der Waals surface area contributed by atoms with Gasteiger partial charge in [0.05, 0.1) is 37.5 Å². The number of rotatable bonds is 15. The van der Waals surface area contributed by atoms with Gasteiger partial charge in [-0.1, -0.05) is 79.6 Å². The lowest BCUT2D eigenvalue weighted by atomic mass is 9.88. The van der Waals surface area contributed by atoms with E-state index in [9.17, 15) is 19.8 Å². The minimum Gasteiger partial charge on any atom is -0.492 e. The molecule has 1 aliphatic heterocycles. The summed E-state index contributed by atoms with van der Waals surface area (Å²) in [5, 5.41) is 28.9. The van der Waals surface area contributed by atoms with Crippen molar-refractivity contribution in [2.75, 3.05) is 39.5 Å². The number of amides is 2. The van der Waals surface area contributed by atoms with Crippen molar-refractivity contribution < 1.29 is 34.0 Å². The zero-order valence-corrected chi connectivity index (χ0v) is 30.2. The predicted molar refractivity (Wildman–Crippen MR) is 199 cm³/mol. The zero-order valence-electron chi connectivity index (χ0n) is 30.2. The molecule has 0 aromatic heterocycles. The van der Waals surface area contributed by atoms with Gasteiger partial charge in [-0.25, -0.2) is 4.79 Å². The van der Waals surface area contributed by atoms with E-state index in [0.29, 0.717) is 25.9 Å². The Morgan fingerprint density at radius 2 is 1.56 bits per heavy atom. The third kappa shape index (κ3) is 11.0. The summed E-state index contributed by atoms with van der Waals surface area (Å²) in [7, 11) is 0. The van der Waals surface area contributed by atoms with Crippen molar-refractivity contribution in [3.8, 4) is 5.75 Å². The third-order valence-corrected chi connectivity index (χ3v) is 10.7. The Morgan fingerprint density at radius 1 is 0.865 bits per heavy atom. The summed E-state index contributed by atoms with van der Waals surface area (Å²) < 4.78 is 17.3. The van der Waals surface area contributed by atoms with E-state index in [-0.39, 0.29) is 18.4 Å². The second-order valence-corrected chi connectivity index (χ2v) is 14.6. The number of ether oxygens (including phenoxy) is 3. The van der Waals surface area contributed by atoms with Crippen LogP contribution in [0.2, 0.25) is 0 Å².